The smallest absolute Gasteiger partial charge is 0.225 e. The molecular formula is C12H20N4O. The maximum atomic E-state index is 9.34. The molecule has 2 rings (SSSR count). The lowest BCUT2D eigenvalue weighted by atomic mass is 10.3. The number of aliphatic hydroxyl groups is 1. The van der Waals surface area contributed by atoms with Crippen LogP contribution in [0.2, 0.25) is 0 Å². The Bertz CT molecular complexity index is 344. The molecule has 0 aliphatic carbocycles. The number of aromatic nitrogens is 2. The molecule has 5 heteroatoms. The van der Waals surface area contributed by atoms with E-state index >= 15 is 0 Å². The highest BCUT2D eigenvalue weighted by atomic mass is 16.3. The molecule has 0 unspecified atom stereocenters. The highest BCUT2D eigenvalue weighted by molar-refractivity contribution is 5.30. The van der Waals surface area contributed by atoms with Crippen molar-refractivity contribution in [1.29, 1.82) is 0 Å². The summed E-state index contributed by atoms with van der Waals surface area (Å²) < 4.78 is 0. The monoisotopic (exact) mass is 236 g/mol. The van der Waals surface area contributed by atoms with Crippen molar-refractivity contribution in [2.45, 2.75) is 20.0 Å². The van der Waals surface area contributed by atoms with Gasteiger partial charge in [-0.05, 0) is 19.4 Å². The molecule has 1 aromatic heterocycles. The molecule has 1 aliphatic rings. The molecule has 0 radical (unpaired) electrons. The van der Waals surface area contributed by atoms with Gasteiger partial charge in [-0.2, -0.15) is 0 Å². The second-order valence-corrected chi connectivity index (χ2v) is 4.70. The summed E-state index contributed by atoms with van der Waals surface area (Å²) in [6.45, 7) is 8.35. The Kier molecular flexibility index (Phi) is 3.91. The van der Waals surface area contributed by atoms with Crippen molar-refractivity contribution in [1.82, 2.24) is 14.9 Å². The summed E-state index contributed by atoms with van der Waals surface area (Å²) in [6.07, 6.45) is 3.45. The predicted octanol–water partition coefficient (Wildman–Crippen LogP) is 0.288. The summed E-state index contributed by atoms with van der Waals surface area (Å²) in [6, 6.07) is 0. The van der Waals surface area contributed by atoms with Gasteiger partial charge in [-0.3, -0.25) is 4.90 Å². The number of hydrogen-bond acceptors (Lipinski definition) is 5. The van der Waals surface area contributed by atoms with Crippen LogP contribution < -0.4 is 4.90 Å². The Morgan fingerprint density at radius 1 is 1.24 bits per heavy atom. The topological polar surface area (TPSA) is 52.5 Å². The zero-order chi connectivity index (χ0) is 12.3. The van der Waals surface area contributed by atoms with Crippen LogP contribution in [-0.2, 0) is 0 Å². The van der Waals surface area contributed by atoms with Gasteiger partial charge in [0.2, 0.25) is 5.95 Å². The Labute approximate surface area is 102 Å². The Balaban J connectivity index is 1.88. The molecule has 1 atom stereocenters. The average molecular weight is 236 g/mol. The van der Waals surface area contributed by atoms with Gasteiger partial charge in [0.15, 0.2) is 0 Å². The molecule has 0 aromatic carbocycles. The largest absolute Gasteiger partial charge is 0.392 e. The van der Waals surface area contributed by atoms with Gasteiger partial charge in [0.05, 0.1) is 6.10 Å². The quantitative estimate of drug-likeness (QED) is 0.817. The van der Waals surface area contributed by atoms with Gasteiger partial charge in [0, 0.05) is 45.1 Å². The van der Waals surface area contributed by atoms with Crippen LogP contribution in [0.25, 0.3) is 0 Å². The third-order valence-corrected chi connectivity index (χ3v) is 2.94. The fraction of sp³-hybridized carbons (Fsp3) is 0.667. The van der Waals surface area contributed by atoms with Gasteiger partial charge in [-0.25, -0.2) is 9.97 Å². The summed E-state index contributed by atoms with van der Waals surface area (Å²) >= 11 is 0. The van der Waals surface area contributed by atoms with Gasteiger partial charge in [0.25, 0.3) is 0 Å². The second kappa shape index (κ2) is 5.42. The number of anilines is 1. The van der Waals surface area contributed by atoms with Crippen LogP contribution in [-0.4, -0.2) is 58.8 Å². The van der Waals surface area contributed by atoms with E-state index in [1.54, 1.807) is 0 Å². The van der Waals surface area contributed by atoms with E-state index in [0.717, 1.165) is 44.2 Å². The van der Waals surface area contributed by atoms with Crippen molar-refractivity contribution in [2.24, 2.45) is 0 Å². The highest BCUT2D eigenvalue weighted by Gasteiger charge is 2.19. The summed E-state index contributed by atoms with van der Waals surface area (Å²) in [4.78, 5) is 13.1. The van der Waals surface area contributed by atoms with E-state index in [0.29, 0.717) is 0 Å². The molecule has 17 heavy (non-hydrogen) atoms. The maximum absolute atomic E-state index is 9.34. The molecule has 5 nitrogen and oxygen atoms in total. The van der Waals surface area contributed by atoms with Gasteiger partial charge in [-0.1, -0.05) is 0 Å². The van der Waals surface area contributed by atoms with Crippen LogP contribution in [0.4, 0.5) is 5.95 Å². The molecule has 1 fully saturated rings. The highest BCUT2D eigenvalue weighted by Crippen LogP contribution is 2.10. The first kappa shape index (κ1) is 12.3. The Morgan fingerprint density at radius 2 is 1.82 bits per heavy atom. The van der Waals surface area contributed by atoms with Crippen LogP contribution in [0.15, 0.2) is 12.4 Å². The molecule has 0 amide bonds. The SMILES string of the molecule is Cc1cnc(N2CCN(C[C@@H](C)O)CC2)nc1. The van der Waals surface area contributed by atoms with Crippen molar-refractivity contribution in [3.8, 4) is 0 Å². The predicted molar refractivity (Wildman–Crippen MR) is 67.1 cm³/mol. The molecule has 2 heterocycles. The lowest BCUT2D eigenvalue weighted by Gasteiger charge is -2.35. The number of nitrogens with zero attached hydrogens (tertiary/aromatic N) is 4. The van der Waals surface area contributed by atoms with Crippen LogP contribution in [0.5, 0.6) is 0 Å². The second-order valence-electron chi connectivity index (χ2n) is 4.70. The van der Waals surface area contributed by atoms with E-state index in [9.17, 15) is 5.11 Å². The van der Waals surface area contributed by atoms with Gasteiger partial charge in [-0.15, -0.1) is 0 Å². The normalized spacial score (nSPS) is 19.4. The first-order chi connectivity index (χ1) is 8.15. The minimum atomic E-state index is -0.253. The average Bonchev–Trinajstić information content (AvgIpc) is 2.30. The Hall–Kier alpha value is -1.20. The summed E-state index contributed by atoms with van der Waals surface area (Å²) in [5.74, 6) is 0.812. The van der Waals surface area contributed by atoms with Gasteiger partial charge < -0.3 is 10.0 Å². The molecule has 1 aliphatic heterocycles. The van der Waals surface area contributed by atoms with E-state index in [1.807, 2.05) is 26.2 Å². The van der Waals surface area contributed by atoms with E-state index < -0.39 is 0 Å². The summed E-state index contributed by atoms with van der Waals surface area (Å²) in [5.41, 5.74) is 1.08. The van der Waals surface area contributed by atoms with Crippen molar-refractivity contribution >= 4 is 5.95 Å². The fourth-order valence-electron chi connectivity index (χ4n) is 2.05. The van der Waals surface area contributed by atoms with Crippen LogP contribution in [0.1, 0.15) is 12.5 Å². The fourth-order valence-corrected chi connectivity index (χ4v) is 2.05. The number of rotatable bonds is 3. The number of piperazine rings is 1. The van der Waals surface area contributed by atoms with E-state index in [2.05, 4.69) is 19.8 Å². The van der Waals surface area contributed by atoms with E-state index in [1.165, 1.54) is 0 Å². The molecule has 0 saturated carbocycles. The number of hydrogen-bond donors (Lipinski definition) is 1. The number of aliphatic hydroxyl groups excluding tert-OH is 1. The van der Waals surface area contributed by atoms with Crippen molar-refractivity contribution in [3.63, 3.8) is 0 Å². The van der Waals surface area contributed by atoms with E-state index in [4.69, 9.17) is 0 Å². The van der Waals surface area contributed by atoms with Crippen molar-refractivity contribution in [2.75, 3.05) is 37.6 Å². The zero-order valence-corrected chi connectivity index (χ0v) is 10.5. The van der Waals surface area contributed by atoms with Gasteiger partial charge >= 0.3 is 0 Å². The summed E-state index contributed by atoms with van der Waals surface area (Å²) in [5, 5.41) is 9.34. The molecule has 1 saturated heterocycles. The van der Waals surface area contributed by atoms with Gasteiger partial charge in [0.1, 0.15) is 0 Å². The number of aryl methyl sites for hydroxylation is 1. The number of β-amino-alcohol motifs (C(OH)–C–C–N with tert-alkyl or cyclic N) is 1. The van der Waals surface area contributed by atoms with Crippen molar-refractivity contribution < 1.29 is 5.11 Å². The molecular weight excluding hydrogens is 216 g/mol. The molecule has 0 bridgehead atoms. The molecule has 1 N–H and O–H groups in total. The third kappa shape index (κ3) is 3.38. The lowest BCUT2D eigenvalue weighted by molar-refractivity contribution is 0.122. The first-order valence-electron chi connectivity index (χ1n) is 6.09. The van der Waals surface area contributed by atoms with E-state index in [-0.39, 0.29) is 6.10 Å². The van der Waals surface area contributed by atoms with Crippen LogP contribution in [0.3, 0.4) is 0 Å². The molecule has 0 spiro atoms. The standard InChI is InChI=1S/C12H20N4O/c1-10-7-13-12(14-8-10)16-5-3-15(4-6-16)9-11(2)17/h7-8,11,17H,3-6,9H2,1-2H3/t11-/m1/s1. The van der Waals surface area contributed by atoms with Crippen LogP contribution >= 0.6 is 0 Å². The minimum absolute atomic E-state index is 0.253. The lowest BCUT2D eigenvalue weighted by Crippen LogP contribution is -2.48. The molecule has 94 valence electrons. The first-order valence-corrected chi connectivity index (χ1v) is 6.09. The zero-order valence-electron chi connectivity index (χ0n) is 10.5. The minimum Gasteiger partial charge on any atom is -0.392 e. The Morgan fingerprint density at radius 3 is 2.35 bits per heavy atom. The third-order valence-electron chi connectivity index (χ3n) is 2.94. The van der Waals surface area contributed by atoms with Crippen LogP contribution in [0, 0.1) is 6.92 Å². The summed E-state index contributed by atoms with van der Waals surface area (Å²) in [7, 11) is 0. The molecule has 1 aromatic rings. The maximum Gasteiger partial charge on any atom is 0.225 e. The van der Waals surface area contributed by atoms with Crippen molar-refractivity contribution in [3.05, 3.63) is 18.0 Å².